The van der Waals surface area contributed by atoms with Gasteiger partial charge in [-0.05, 0) is 54.0 Å². The van der Waals surface area contributed by atoms with Gasteiger partial charge in [-0.3, -0.25) is 9.69 Å². The Morgan fingerprint density at radius 2 is 2.10 bits per heavy atom. The molecule has 0 atom stereocenters. The molecule has 0 saturated carbocycles. The van der Waals surface area contributed by atoms with Gasteiger partial charge < -0.3 is 10.1 Å². The minimum Gasteiger partial charge on any atom is -0.491 e. The van der Waals surface area contributed by atoms with E-state index in [0.717, 1.165) is 22.5 Å². The Morgan fingerprint density at radius 1 is 1.35 bits per heavy atom. The molecule has 1 heterocycles. The number of carbonyl (C=O) groups excluding carboxylic acids is 1. The molecular weight excluding hydrogens is 320 g/mol. The van der Waals surface area contributed by atoms with Gasteiger partial charge in [0.2, 0.25) is 5.91 Å². The molecule has 1 N–H and O–H groups in total. The van der Waals surface area contributed by atoms with Gasteiger partial charge in [0.1, 0.15) is 12.4 Å². The topological polar surface area (TPSA) is 41.6 Å². The SMILES string of the molecule is CC(=O)Nc1ccc(Br)c(OCCN2CCCCC2)c1. The molecule has 1 aliphatic rings. The number of nitrogens with one attached hydrogen (secondary N) is 1. The van der Waals surface area contributed by atoms with E-state index in [-0.39, 0.29) is 5.91 Å². The second kappa shape index (κ2) is 7.64. The largest absolute Gasteiger partial charge is 0.491 e. The first-order valence-electron chi connectivity index (χ1n) is 7.07. The predicted octanol–water partition coefficient (Wildman–Crippen LogP) is 3.27. The van der Waals surface area contributed by atoms with E-state index in [2.05, 4.69) is 26.1 Å². The van der Waals surface area contributed by atoms with Crippen LogP contribution >= 0.6 is 15.9 Å². The van der Waals surface area contributed by atoms with Crippen molar-refractivity contribution in [1.82, 2.24) is 4.90 Å². The lowest BCUT2D eigenvalue weighted by Gasteiger charge is -2.26. The van der Waals surface area contributed by atoms with Crippen molar-refractivity contribution in [3.05, 3.63) is 22.7 Å². The number of halogens is 1. The van der Waals surface area contributed by atoms with Crippen LogP contribution in [0.1, 0.15) is 26.2 Å². The molecule has 1 aromatic rings. The van der Waals surface area contributed by atoms with Crippen molar-refractivity contribution in [2.75, 3.05) is 31.6 Å². The van der Waals surface area contributed by atoms with Gasteiger partial charge in [-0.15, -0.1) is 0 Å². The van der Waals surface area contributed by atoms with Crippen LogP contribution in [0.2, 0.25) is 0 Å². The molecule has 5 heteroatoms. The third-order valence-corrected chi connectivity index (χ3v) is 4.02. The smallest absolute Gasteiger partial charge is 0.221 e. The zero-order chi connectivity index (χ0) is 14.4. The number of amides is 1. The summed E-state index contributed by atoms with van der Waals surface area (Å²) in [5, 5.41) is 2.76. The van der Waals surface area contributed by atoms with E-state index < -0.39 is 0 Å². The fraction of sp³-hybridized carbons (Fsp3) is 0.533. The number of ether oxygens (including phenoxy) is 1. The summed E-state index contributed by atoms with van der Waals surface area (Å²) < 4.78 is 6.73. The summed E-state index contributed by atoms with van der Waals surface area (Å²) in [4.78, 5) is 13.5. The minimum absolute atomic E-state index is 0.0772. The summed E-state index contributed by atoms with van der Waals surface area (Å²) >= 11 is 3.47. The zero-order valence-electron chi connectivity index (χ0n) is 11.8. The van der Waals surface area contributed by atoms with Gasteiger partial charge >= 0.3 is 0 Å². The Balaban J connectivity index is 1.86. The lowest BCUT2D eigenvalue weighted by atomic mass is 10.1. The van der Waals surface area contributed by atoms with E-state index in [0.29, 0.717) is 6.61 Å². The summed E-state index contributed by atoms with van der Waals surface area (Å²) in [6.07, 6.45) is 3.94. The van der Waals surface area contributed by atoms with E-state index in [9.17, 15) is 4.79 Å². The van der Waals surface area contributed by atoms with E-state index >= 15 is 0 Å². The highest BCUT2D eigenvalue weighted by atomic mass is 79.9. The molecule has 1 fully saturated rings. The molecule has 20 heavy (non-hydrogen) atoms. The van der Waals surface area contributed by atoms with Crippen LogP contribution in [0, 0.1) is 0 Å². The fourth-order valence-electron chi connectivity index (χ4n) is 2.36. The Kier molecular flexibility index (Phi) is 5.86. The number of hydrogen-bond acceptors (Lipinski definition) is 3. The van der Waals surface area contributed by atoms with Gasteiger partial charge in [-0.25, -0.2) is 0 Å². The minimum atomic E-state index is -0.0772. The second-order valence-corrected chi connectivity index (χ2v) is 5.93. The molecule has 4 nitrogen and oxygen atoms in total. The van der Waals surface area contributed by atoms with Crippen LogP contribution in [0.15, 0.2) is 22.7 Å². The summed E-state index contributed by atoms with van der Waals surface area (Å²) in [5.74, 6) is 0.694. The molecule has 1 aromatic carbocycles. The van der Waals surface area contributed by atoms with Crippen LogP contribution in [-0.2, 0) is 4.79 Å². The molecule has 1 amide bonds. The van der Waals surface area contributed by atoms with Crippen LogP contribution in [0.25, 0.3) is 0 Å². The third-order valence-electron chi connectivity index (χ3n) is 3.37. The fourth-order valence-corrected chi connectivity index (χ4v) is 2.72. The molecule has 0 spiro atoms. The van der Waals surface area contributed by atoms with Crippen molar-refractivity contribution in [1.29, 1.82) is 0 Å². The van der Waals surface area contributed by atoms with Gasteiger partial charge in [0.25, 0.3) is 0 Å². The number of anilines is 1. The molecular formula is C15H21BrN2O2. The molecule has 2 rings (SSSR count). The third kappa shape index (κ3) is 4.80. The van der Waals surface area contributed by atoms with Crippen LogP contribution in [0.3, 0.4) is 0 Å². The summed E-state index contributed by atoms with van der Waals surface area (Å²) in [5.41, 5.74) is 0.758. The summed E-state index contributed by atoms with van der Waals surface area (Å²) in [6, 6.07) is 5.59. The Labute approximate surface area is 128 Å². The van der Waals surface area contributed by atoms with Crippen LogP contribution < -0.4 is 10.1 Å². The van der Waals surface area contributed by atoms with Gasteiger partial charge in [0.05, 0.1) is 4.47 Å². The molecule has 1 saturated heterocycles. The average molecular weight is 341 g/mol. The number of benzene rings is 1. The van der Waals surface area contributed by atoms with Crippen molar-refractivity contribution < 1.29 is 9.53 Å². The van der Waals surface area contributed by atoms with E-state index in [4.69, 9.17) is 4.74 Å². The Hall–Kier alpha value is -1.07. The molecule has 110 valence electrons. The van der Waals surface area contributed by atoms with E-state index in [1.165, 1.54) is 39.3 Å². The van der Waals surface area contributed by atoms with Gasteiger partial charge in [-0.1, -0.05) is 6.42 Å². The first-order chi connectivity index (χ1) is 9.65. The highest BCUT2D eigenvalue weighted by Gasteiger charge is 2.10. The monoisotopic (exact) mass is 340 g/mol. The average Bonchev–Trinajstić information content (AvgIpc) is 2.43. The molecule has 0 radical (unpaired) electrons. The maximum absolute atomic E-state index is 11.1. The van der Waals surface area contributed by atoms with Crippen molar-refractivity contribution in [2.24, 2.45) is 0 Å². The Morgan fingerprint density at radius 3 is 2.80 bits per heavy atom. The lowest BCUT2D eigenvalue weighted by Crippen LogP contribution is -2.33. The predicted molar refractivity (Wildman–Crippen MR) is 84.2 cm³/mol. The van der Waals surface area contributed by atoms with Gasteiger partial charge in [0.15, 0.2) is 0 Å². The number of carbonyl (C=O) groups is 1. The summed E-state index contributed by atoms with van der Waals surface area (Å²) in [7, 11) is 0. The van der Waals surface area contributed by atoms with Gasteiger partial charge in [-0.2, -0.15) is 0 Å². The number of hydrogen-bond donors (Lipinski definition) is 1. The number of nitrogens with zero attached hydrogens (tertiary/aromatic N) is 1. The quantitative estimate of drug-likeness (QED) is 0.894. The standard InChI is InChI=1S/C15H21BrN2O2/c1-12(19)17-13-5-6-14(16)15(11-13)20-10-9-18-7-3-2-4-8-18/h5-6,11H,2-4,7-10H2,1H3,(H,17,19). The highest BCUT2D eigenvalue weighted by Crippen LogP contribution is 2.28. The van der Waals surface area contributed by atoms with Crippen LogP contribution in [0.5, 0.6) is 5.75 Å². The molecule has 0 aromatic heterocycles. The molecule has 1 aliphatic heterocycles. The van der Waals surface area contributed by atoms with E-state index in [1.54, 1.807) is 0 Å². The lowest BCUT2D eigenvalue weighted by molar-refractivity contribution is -0.114. The van der Waals surface area contributed by atoms with Crippen LogP contribution in [0.4, 0.5) is 5.69 Å². The zero-order valence-corrected chi connectivity index (χ0v) is 13.4. The maximum Gasteiger partial charge on any atom is 0.221 e. The van der Waals surface area contributed by atoms with Gasteiger partial charge in [0, 0.05) is 25.2 Å². The maximum atomic E-state index is 11.1. The highest BCUT2D eigenvalue weighted by molar-refractivity contribution is 9.10. The molecule has 0 unspecified atom stereocenters. The van der Waals surface area contributed by atoms with Crippen molar-refractivity contribution in [2.45, 2.75) is 26.2 Å². The number of piperidine rings is 1. The normalized spacial score (nSPS) is 15.9. The first-order valence-corrected chi connectivity index (χ1v) is 7.87. The molecule has 0 aliphatic carbocycles. The number of likely N-dealkylation sites (tertiary alicyclic amines) is 1. The van der Waals surface area contributed by atoms with E-state index in [1.807, 2.05) is 18.2 Å². The van der Waals surface area contributed by atoms with Crippen molar-refractivity contribution in [3.63, 3.8) is 0 Å². The van der Waals surface area contributed by atoms with Crippen LogP contribution in [-0.4, -0.2) is 37.0 Å². The molecule has 0 bridgehead atoms. The Bertz CT molecular complexity index is 459. The summed E-state index contributed by atoms with van der Waals surface area (Å²) in [6.45, 7) is 5.48. The van der Waals surface area contributed by atoms with Crippen molar-refractivity contribution in [3.8, 4) is 5.75 Å². The van der Waals surface area contributed by atoms with Crippen molar-refractivity contribution >= 4 is 27.5 Å². The number of rotatable bonds is 5. The second-order valence-electron chi connectivity index (χ2n) is 5.08. The first kappa shape index (κ1) is 15.3.